The van der Waals surface area contributed by atoms with Crippen molar-refractivity contribution in [2.24, 2.45) is 5.73 Å². The minimum atomic E-state index is 0.398. The molecular formula is C13H17ClN2S2. The average molecular weight is 301 g/mol. The molecule has 5 heteroatoms. The number of halogens is 1. The van der Waals surface area contributed by atoms with E-state index in [2.05, 4.69) is 4.90 Å². The lowest BCUT2D eigenvalue weighted by atomic mass is 10.1. The van der Waals surface area contributed by atoms with Crippen molar-refractivity contribution < 1.29 is 0 Å². The molecule has 0 unspecified atom stereocenters. The molecule has 98 valence electrons. The van der Waals surface area contributed by atoms with Gasteiger partial charge in [0.1, 0.15) is 4.99 Å². The Morgan fingerprint density at radius 2 is 2.22 bits per heavy atom. The van der Waals surface area contributed by atoms with Crippen LogP contribution in [0, 0.1) is 0 Å². The van der Waals surface area contributed by atoms with Crippen LogP contribution in [0.5, 0.6) is 0 Å². The van der Waals surface area contributed by atoms with E-state index in [9.17, 15) is 0 Å². The standard InChI is InChI=1S/C13H17ClN2S2/c14-12-8-10(13(15)17)2-3-11(12)9-16-4-1-6-18-7-5-16/h2-3,8H,1,4-7,9H2,(H2,15,17). The van der Waals surface area contributed by atoms with Gasteiger partial charge in [0, 0.05) is 29.4 Å². The second-order valence-corrected chi connectivity index (χ2v) is 6.48. The largest absolute Gasteiger partial charge is 0.389 e. The number of hydrogen-bond acceptors (Lipinski definition) is 3. The lowest BCUT2D eigenvalue weighted by Gasteiger charge is -2.20. The predicted molar refractivity (Wildman–Crippen MR) is 84.6 cm³/mol. The smallest absolute Gasteiger partial charge is 0.104 e. The predicted octanol–water partition coefficient (Wildman–Crippen LogP) is 2.91. The third kappa shape index (κ3) is 3.85. The van der Waals surface area contributed by atoms with Gasteiger partial charge in [0.2, 0.25) is 0 Å². The number of benzene rings is 1. The van der Waals surface area contributed by atoms with E-state index in [1.54, 1.807) is 0 Å². The van der Waals surface area contributed by atoms with E-state index in [4.69, 9.17) is 29.6 Å². The second-order valence-electron chi connectivity index (χ2n) is 4.41. The van der Waals surface area contributed by atoms with Crippen molar-refractivity contribution >= 4 is 40.6 Å². The SMILES string of the molecule is NC(=S)c1ccc(CN2CCCSCC2)c(Cl)c1. The zero-order chi connectivity index (χ0) is 13.0. The molecule has 2 nitrogen and oxygen atoms in total. The monoisotopic (exact) mass is 300 g/mol. The summed E-state index contributed by atoms with van der Waals surface area (Å²) in [5.41, 5.74) is 7.59. The molecule has 0 saturated carbocycles. The Kier molecular flexibility index (Phi) is 5.30. The number of thiocarbonyl (C=S) groups is 1. The van der Waals surface area contributed by atoms with Gasteiger partial charge in [-0.3, -0.25) is 4.90 Å². The highest BCUT2D eigenvalue weighted by molar-refractivity contribution is 7.99. The molecule has 0 radical (unpaired) electrons. The number of hydrogen-bond donors (Lipinski definition) is 1. The summed E-state index contributed by atoms with van der Waals surface area (Å²) in [5, 5.41) is 0.761. The Bertz CT molecular complexity index is 429. The Labute approximate surface area is 123 Å². The molecule has 1 aliphatic rings. The number of nitrogens with two attached hydrogens (primary N) is 1. The third-order valence-electron chi connectivity index (χ3n) is 3.05. The first-order chi connectivity index (χ1) is 8.66. The molecule has 0 atom stereocenters. The molecule has 0 aliphatic carbocycles. The minimum absolute atomic E-state index is 0.398. The van der Waals surface area contributed by atoms with Gasteiger partial charge in [-0.2, -0.15) is 11.8 Å². The summed E-state index contributed by atoms with van der Waals surface area (Å²) in [6.07, 6.45) is 1.26. The van der Waals surface area contributed by atoms with Crippen molar-refractivity contribution in [1.29, 1.82) is 0 Å². The summed E-state index contributed by atoms with van der Waals surface area (Å²) in [5.74, 6) is 2.48. The fraction of sp³-hybridized carbons (Fsp3) is 0.462. The van der Waals surface area contributed by atoms with Gasteiger partial charge >= 0.3 is 0 Å². The number of rotatable bonds is 3. The van der Waals surface area contributed by atoms with Crippen molar-refractivity contribution in [2.75, 3.05) is 24.6 Å². The van der Waals surface area contributed by atoms with E-state index < -0.39 is 0 Å². The van der Waals surface area contributed by atoms with Crippen LogP contribution in [0.1, 0.15) is 17.5 Å². The Hall–Kier alpha value is -0.290. The van der Waals surface area contributed by atoms with E-state index >= 15 is 0 Å². The molecule has 18 heavy (non-hydrogen) atoms. The van der Waals surface area contributed by atoms with Gasteiger partial charge in [-0.25, -0.2) is 0 Å². The number of thioether (sulfide) groups is 1. The highest BCUT2D eigenvalue weighted by Gasteiger charge is 2.12. The quantitative estimate of drug-likeness (QED) is 0.869. The van der Waals surface area contributed by atoms with Crippen LogP contribution in [0.4, 0.5) is 0 Å². The summed E-state index contributed by atoms with van der Waals surface area (Å²) in [7, 11) is 0. The van der Waals surface area contributed by atoms with Gasteiger partial charge in [0.05, 0.1) is 0 Å². The van der Waals surface area contributed by atoms with Crippen molar-refractivity contribution in [3.8, 4) is 0 Å². The lowest BCUT2D eigenvalue weighted by Crippen LogP contribution is -2.25. The fourth-order valence-electron chi connectivity index (χ4n) is 2.03. The highest BCUT2D eigenvalue weighted by Crippen LogP contribution is 2.21. The van der Waals surface area contributed by atoms with Gasteiger partial charge in [-0.05, 0) is 30.3 Å². The summed E-state index contributed by atoms with van der Waals surface area (Å²) < 4.78 is 0. The van der Waals surface area contributed by atoms with Gasteiger partial charge in [-0.15, -0.1) is 0 Å². The maximum absolute atomic E-state index is 6.29. The van der Waals surface area contributed by atoms with Crippen LogP contribution in [0.15, 0.2) is 18.2 Å². The Morgan fingerprint density at radius 1 is 1.39 bits per heavy atom. The third-order valence-corrected chi connectivity index (χ3v) is 4.68. The molecular weight excluding hydrogens is 284 g/mol. The summed E-state index contributed by atoms with van der Waals surface area (Å²) in [6, 6.07) is 5.86. The molecule has 1 fully saturated rings. The molecule has 1 saturated heterocycles. The van der Waals surface area contributed by atoms with E-state index in [1.807, 2.05) is 30.0 Å². The summed E-state index contributed by atoms with van der Waals surface area (Å²) in [4.78, 5) is 2.86. The van der Waals surface area contributed by atoms with E-state index in [1.165, 1.54) is 17.9 Å². The summed E-state index contributed by atoms with van der Waals surface area (Å²) >= 11 is 13.3. The van der Waals surface area contributed by atoms with Crippen molar-refractivity contribution in [2.45, 2.75) is 13.0 Å². The van der Waals surface area contributed by atoms with Crippen LogP contribution in [-0.2, 0) is 6.54 Å². The van der Waals surface area contributed by atoms with Crippen LogP contribution in [0.25, 0.3) is 0 Å². The average Bonchev–Trinajstić information content (AvgIpc) is 2.60. The number of nitrogens with zero attached hydrogens (tertiary/aromatic N) is 1. The topological polar surface area (TPSA) is 29.3 Å². The van der Waals surface area contributed by atoms with Crippen molar-refractivity contribution in [3.05, 3.63) is 34.3 Å². The Morgan fingerprint density at radius 3 is 2.94 bits per heavy atom. The molecule has 1 aromatic rings. The van der Waals surface area contributed by atoms with Crippen LogP contribution >= 0.6 is 35.6 Å². The molecule has 2 N–H and O–H groups in total. The van der Waals surface area contributed by atoms with Crippen LogP contribution < -0.4 is 5.73 Å². The van der Waals surface area contributed by atoms with Gasteiger partial charge < -0.3 is 5.73 Å². The van der Waals surface area contributed by atoms with E-state index in [0.29, 0.717) is 4.99 Å². The van der Waals surface area contributed by atoms with Crippen LogP contribution in [0.3, 0.4) is 0 Å². The molecule has 0 spiro atoms. The van der Waals surface area contributed by atoms with Gasteiger partial charge in [0.15, 0.2) is 0 Å². The van der Waals surface area contributed by atoms with Crippen LogP contribution in [0.2, 0.25) is 5.02 Å². The molecule has 1 aliphatic heterocycles. The van der Waals surface area contributed by atoms with Crippen molar-refractivity contribution in [3.63, 3.8) is 0 Å². The zero-order valence-corrected chi connectivity index (χ0v) is 12.6. The van der Waals surface area contributed by atoms with Gasteiger partial charge in [-0.1, -0.05) is 36.0 Å². The van der Waals surface area contributed by atoms with Crippen LogP contribution in [-0.4, -0.2) is 34.5 Å². The molecule has 0 amide bonds. The Balaban J connectivity index is 2.06. The lowest BCUT2D eigenvalue weighted by molar-refractivity contribution is 0.287. The molecule has 1 aromatic carbocycles. The first-order valence-electron chi connectivity index (χ1n) is 6.05. The highest BCUT2D eigenvalue weighted by atomic mass is 35.5. The molecule has 0 aromatic heterocycles. The van der Waals surface area contributed by atoms with E-state index in [0.717, 1.165) is 35.8 Å². The first-order valence-corrected chi connectivity index (χ1v) is 7.99. The first kappa shape index (κ1) is 14.1. The normalized spacial score (nSPS) is 17.4. The molecule has 2 rings (SSSR count). The molecule has 1 heterocycles. The second kappa shape index (κ2) is 6.75. The minimum Gasteiger partial charge on any atom is -0.389 e. The van der Waals surface area contributed by atoms with Crippen molar-refractivity contribution in [1.82, 2.24) is 4.90 Å². The van der Waals surface area contributed by atoms with Gasteiger partial charge in [0.25, 0.3) is 0 Å². The fourth-order valence-corrected chi connectivity index (χ4v) is 3.32. The maximum atomic E-state index is 6.29. The zero-order valence-electron chi connectivity index (χ0n) is 10.2. The molecule has 0 bridgehead atoms. The van der Waals surface area contributed by atoms with E-state index in [-0.39, 0.29) is 0 Å². The summed E-state index contributed by atoms with van der Waals surface area (Å²) in [6.45, 7) is 3.20. The maximum Gasteiger partial charge on any atom is 0.104 e.